The van der Waals surface area contributed by atoms with Crippen molar-refractivity contribution in [1.82, 2.24) is 10.2 Å². The van der Waals surface area contributed by atoms with Crippen LogP contribution >= 0.6 is 11.6 Å². The molecule has 0 aliphatic heterocycles. The lowest BCUT2D eigenvalue weighted by molar-refractivity contribution is -0.139. The summed E-state index contributed by atoms with van der Waals surface area (Å²) >= 11 is 6.46. The standard InChI is InChI=1S/C32H38ClN3O5S/c1-22-13-16-27(17-14-22)42(39,40)36(29-19-23(2)15-18-30(29)41-4)21-31(37)35(20-25-9-5-8-12-28(25)33)24(3)32(38)34-26-10-6-7-11-26/h5,8-9,12-19,24,26H,6-7,10-11,20-21H2,1-4H3,(H,34,38)/t24-/m1/s1. The Kier molecular flexibility index (Phi) is 10.2. The van der Waals surface area contributed by atoms with Crippen LogP contribution in [0.2, 0.25) is 5.02 Å². The van der Waals surface area contributed by atoms with Gasteiger partial charge in [0, 0.05) is 17.6 Å². The van der Waals surface area contributed by atoms with Crippen LogP contribution < -0.4 is 14.4 Å². The van der Waals surface area contributed by atoms with Crippen LogP contribution in [0, 0.1) is 13.8 Å². The zero-order chi connectivity index (χ0) is 30.4. The number of aryl methyl sites for hydroxylation is 2. The summed E-state index contributed by atoms with van der Waals surface area (Å²) in [7, 11) is -2.77. The summed E-state index contributed by atoms with van der Waals surface area (Å²) in [6.45, 7) is 4.83. The quantitative estimate of drug-likeness (QED) is 0.303. The Bertz CT molecular complexity index is 1520. The van der Waals surface area contributed by atoms with Crippen molar-refractivity contribution < 1.29 is 22.7 Å². The lowest BCUT2D eigenvalue weighted by Crippen LogP contribution is -2.52. The molecule has 0 heterocycles. The van der Waals surface area contributed by atoms with E-state index in [0.29, 0.717) is 16.3 Å². The molecule has 8 nitrogen and oxygen atoms in total. The molecule has 1 N–H and O–H groups in total. The van der Waals surface area contributed by atoms with Crippen molar-refractivity contribution in [2.45, 2.75) is 70.0 Å². The summed E-state index contributed by atoms with van der Waals surface area (Å²) in [4.78, 5) is 29.0. The van der Waals surface area contributed by atoms with Gasteiger partial charge >= 0.3 is 0 Å². The average Bonchev–Trinajstić information content (AvgIpc) is 3.48. The van der Waals surface area contributed by atoms with E-state index < -0.39 is 28.5 Å². The van der Waals surface area contributed by atoms with Gasteiger partial charge in [0.05, 0.1) is 17.7 Å². The molecule has 3 aromatic rings. The lowest BCUT2D eigenvalue weighted by atomic mass is 10.1. The molecule has 10 heteroatoms. The number of nitrogens with one attached hydrogen (secondary N) is 1. The molecule has 42 heavy (non-hydrogen) atoms. The molecule has 0 radical (unpaired) electrons. The number of halogens is 1. The molecule has 0 spiro atoms. The summed E-state index contributed by atoms with van der Waals surface area (Å²) in [5, 5.41) is 3.52. The monoisotopic (exact) mass is 611 g/mol. The van der Waals surface area contributed by atoms with Crippen LogP contribution in [-0.4, -0.2) is 50.9 Å². The van der Waals surface area contributed by atoms with E-state index in [1.165, 1.54) is 24.1 Å². The van der Waals surface area contributed by atoms with E-state index in [4.69, 9.17) is 16.3 Å². The molecule has 4 rings (SSSR count). The average molecular weight is 612 g/mol. The molecule has 0 aromatic heterocycles. The van der Waals surface area contributed by atoms with E-state index in [9.17, 15) is 18.0 Å². The van der Waals surface area contributed by atoms with Gasteiger partial charge in [0.15, 0.2) is 0 Å². The Morgan fingerprint density at radius 1 is 1.00 bits per heavy atom. The maximum atomic E-state index is 14.2. The van der Waals surface area contributed by atoms with Crippen LogP contribution in [0.25, 0.3) is 0 Å². The number of ether oxygens (including phenoxy) is 1. The van der Waals surface area contributed by atoms with Crippen LogP contribution in [-0.2, 0) is 26.2 Å². The number of nitrogens with zero attached hydrogens (tertiary/aromatic N) is 2. The molecule has 224 valence electrons. The molecule has 0 unspecified atom stereocenters. The Morgan fingerprint density at radius 3 is 2.29 bits per heavy atom. The minimum atomic E-state index is -4.22. The van der Waals surface area contributed by atoms with Crippen molar-refractivity contribution in [2.24, 2.45) is 0 Å². The van der Waals surface area contributed by atoms with Gasteiger partial charge in [0.2, 0.25) is 11.8 Å². The second-order valence-corrected chi connectivity index (χ2v) is 13.0. The van der Waals surface area contributed by atoms with Gasteiger partial charge in [-0.15, -0.1) is 0 Å². The first kappa shape index (κ1) is 31.4. The highest BCUT2D eigenvalue weighted by Gasteiger charge is 2.34. The predicted octanol–water partition coefficient (Wildman–Crippen LogP) is 5.64. The van der Waals surface area contributed by atoms with Crippen LogP contribution in [0.15, 0.2) is 71.6 Å². The number of sulfonamides is 1. The maximum absolute atomic E-state index is 14.2. The number of carbonyl (C=O) groups excluding carboxylic acids is 2. The van der Waals surface area contributed by atoms with E-state index in [1.807, 2.05) is 13.8 Å². The topological polar surface area (TPSA) is 96.0 Å². The number of amides is 2. The first-order chi connectivity index (χ1) is 20.0. The zero-order valence-electron chi connectivity index (χ0n) is 24.5. The third kappa shape index (κ3) is 7.25. The Morgan fingerprint density at radius 2 is 1.64 bits per heavy atom. The van der Waals surface area contributed by atoms with Crippen LogP contribution in [0.5, 0.6) is 5.75 Å². The smallest absolute Gasteiger partial charge is 0.264 e. The number of benzene rings is 3. The molecular formula is C32H38ClN3O5S. The molecule has 1 atom stereocenters. The van der Waals surface area contributed by atoms with Gasteiger partial charge in [-0.25, -0.2) is 8.42 Å². The van der Waals surface area contributed by atoms with Crippen molar-refractivity contribution in [1.29, 1.82) is 0 Å². The number of methoxy groups -OCH3 is 1. The normalized spacial score (nSPS) is 14.3. The molecular weight excluding hydrogens is 574 g/mol. The minimum Gasteiger partial charge on any atom is -0.495 e. The number of hydrogen-bond acceptors (Lipinski definition) is 5. The molecule has 1 saturated carbocycles. The lowest BCUT2D eigenvalue weighted by Gasteiger charge is -2.33. The highest BCUT2D eigenvalue weighted by molar-refractivity contribution is 7.92. The number of hydrogen-bond donors (Lipinski definition) is 1. The van der Waals surface area contributed by atoms with Gasteiger partial charge < -0.3 is 15.0 Å². The molecule has 1 fully saturated rings. The maximum Gasteiger partial charge on any atom is 0.264 e. The van der Waals surface area contributed by atoms with Crippen molar-refractivity contribution in [3.8, 4) is 5.75 Å². The molecule has 3 aromatic carbocycles. The Balaban J connectivity index is 1.75. The summed E-state index contributed by atoms with van der Waals surface area (Å²) < 4.78 is 34.8. The van der Waals surface area contributed by atoms with Crippen molar-refractivity contribution in [2.75, 3.05) is 18.0 Å². The van der Waals surface area contributed by atoms with Gasteiger partial charge in [-0.2, -0.15) is 0 Å². The van der Waals surface area contributed by atoms with Gasteiger partial charge in [-0.1, -0.05) is 66.4 Å². The highest BCUT2D eigenvalue weighted by Crippen LogP contribution is 2.34. The Labute approximate surface area is 253 Å². The van der Waals surface area contributed by atoms with Gasteiger partial charge in [0.25, 0.3) is 10.0 Å². The van der Waals surface area contributed by atoms with Crippen molar-refractivity contribution >= 4 is 39.1 Å². The number of anilines is 1. The second kappa shape index (κ2) is 13.6. The van der Waals surface area contributed by atoms with Crippen LogP contribution in [0.4, 0.5) is 5.69 Å². The summed E-state index contributed by atoms with van der Waals surface area (Å²) in [5.74, 6) is -0.541. The van der Waals surface area contributed by atoms with Crippen molar-refractivity contribution in [3.63, 3.8) is 0 Å². The zero-order valence-corrected chi connectivity index (χ0v) is 26.0. The van der Waals surface area contributed by atoms with E-state index in [0.717, 1.165) is 41.1 Å². The van der Waals surface area contributed by atoms with Gasteiger partial charge in [-0.3, -0.25) is 13.9 Å². The molecule has 0 saturated heterocycles. The highest BCUT2D eigenvalue weighted by atomic mass is 35.5. The summed E-state index contributed by atoms with van der Waals surface area (Å²) in [5.41, 5.74) is 2.57. The first-order valence-corrected chi connectivity index (χ1v) is 15.9. The van der Waals surface area contributed by atoms with E-state index in [1.54, 1.807) is 61.5 Å². The van der Waals surface area contributed by atoms with Gasteiger partial charge in [-0.05, 0) is 75.1 Å². The first-order valence-electron chi connectivity index (χ1n) is 14.1. The largest absolute Gasteiger partial charge is 0.495 e. The van der Waals surface area contributed by atoms with Crippen LogP contribution in [0.1, 0.15) is 49.3 Å². The Hall–Kier alpha value is -3.56. The summed E-state index contributed by atoms with van der Waals surface area (Å²) in [6.07, 6.45) is 3.89. The fourth-order valence-corrected chi connectivity index (χ4v) is 6.74. The second-order valence-electron chi connectivity index (χ2n) is 10.8. The molecule has 1 aliphatic rings. The van der Waals surface area contributed by atoms with E-state index in [2.05, 4.69) is 5.32 Å². The third-order valence-corrected chi connectivity index (χ3v) is 9.80. The predicted molar refractivity (Wildman–Crippen MR) is 165 cm³/mol. The van der Waals surface area contributed by atoms with E-state index in [-0.39, 0.29) is 29.1 Å². The van der Waals surface area contributed by atoms with Crippen LogP contribution in [0.3, 0.4) is 0 Å². The molecule has 1 aliphatic carbocycles. The minimum absolute atomic E-state index is 0.0289. The fourth-order valence-electron chi connectivity index (χ4n) is 5.13. The summed E-state index contributed by atoms with van der Waals surface area (Å²) in [6, 6.07) is 17.9. The van der Waals surface area contributed by atoms with Crippen molar-refractivity contribution in [3.05, 3.63) is 88.4 Å². The number of rotatable bonds is 11. The third-order valence-electron chi connectivity index (χ3n) is 7.66. The SMILES string of the molecule is COc1ccc(C)cc1N(CC(=O)N(Cc1ccccc1Cl)[C@H](C)C(=O)NC1CCCC1)S(=O)(=O)c1ccc(C)cc1. The van der Waals surface area contributed by atoms with Gasteiger partial charge in [0.1, 0.15) is 18.3 Å². The molecule has 0 bridgehead atoms. The molecule has 2 amide bonds. The fraction of sp³-hybridized carbons (Fsp3) is 0.375. The van der Waals surface area contributed by atoms with E-state index >= 15 is 0 Å². The number of carbonyl (C=O) groups is 2.